The second-order valence-electron chi connectivity index (χ2n) is 5.24. The highest BCUT2D eigenvalue weighted by Crippen LogP contribution is 2.29. The van der Waals surface area contributed by atoms with Crippen LogP contribution in [0.4, 0.5) is 13.2 Å². The van der Waals surface area contributed by atoms with Gasteiger partial charge in [0.1, 0.15) is 5.75 Å². The minimum atomic E-state index is -4.40. The molecule has 2 aromatic rings. The molecule has 0 spiro atoms. The summed E-state index contributed by atoms with van der Waals surface area (Å²) in [6.07, 6.45) is -4.65. The second-order valence-corrected chi connectivity index (χ2v) is 5.24. The van der Waals surface area contributed by atoms with Crippen molar-refractivity contribution in [2.75, 3.05) is 0 Å². The lowest BCUT2D eigenvalue weighted by molar-refractivity contribution is -0.137. The van der Waals surface area contributed by atoms with E-state index in [1.54, 1.807) is 31.2 Å². The molecule has 0 aliphatic carbocycles. The summed E-state index contributed by atoms with van der Waals surface area (Å²) in [7, 11) is 0. The van der Waals surface area contributed by atoms with Crippen LogP contribution in [0.5, 0.6) is 5.75 Å². The van der Waals surface area contributed by atoms with Gasteiger partial charge in [-0.2, -0.15) is 13.2 Å². The molecule has 0 saturated heterocycles. The molecule has 0 fully saturated rings. The van der Waals surface area contributed by atoms with E-state index in [1.165, 1.54) is 12.1 Å². The molecule has 0 unspecified atom stereocenters. The fourth-order valence-corrected chi connectivity index (χ4v) is 2.15. The zero-order valence-electron chi connectivity index (χ0n) is 13.1. The van der Waals surface area contributed by atoms with Crippen LogP contribution in [0.15, 0.2) is 54.6 Å². The maximum atomic E-state index is 12.7. The summed E-state index contributed by atoms with van der Waals surface area (Å²) < 4.78 is 43.7. The quantitative estimate of drug-likeness (QED) is 0.859. The summed E-state index contributed by atoms with van der Waals surface area (Å²) in [6.45, 7) is 1.81. The maximum absolute atomic E-state index is 12.7. The highest BCUT2D eigenvalue weighted by molar-refractivity contribution is 5.81. The summed E-state index contributed by atoms with van der Waals surface area (Å²) >= 11 is 0. The highest BCUT2D eigenvalue weighted by atomic mass is 19.4. The molecule has 1 atom stereocenters. The molecule has 0 aliphatic heterocycles. The van der Waals surface area contributed by atoms with Gasteiger partial charge in [-0.3, -0.25) is 4.79 Å². The van der Waals surface area contributed by atoms with Gasteiger partial charge in [-0.15, -0.1) is 0 Å². The van der Waals surface area contributed by atoms with E-state index in [2.05, 4.69) is 5.32 Å². The lowest BCUT2D eigenvalue weighted by Gasteiger charge is -2.17. The monoisotopic (exact) mass is 337 g/mol. The third-order valence-electron chi connectivity index (χ3n) is 3.41. The van der Waals surface area contributed by atoms with Gasteiger partial charge >= 0.3 is 6.18 Å². The third kappa shape index (κ3) is 5.01. The minimum Gasteiger partial charge on any atom is -0.481 e. The highest BCUT2D eigenvalue weighted by Gasteiger charge is 2.30. The van der Waals surface area contributed by atoms with E-state index < -0.39 is 17.8 Å². The first-order valence-electron chi connectivity index (χ1n) is 7.55. The molecular formula is C18H18F3NO2. The van der Waals surface area contributed by atoms with E-state index in [0.717, 1.165) is 12.1 Å². The van der Waals surface area contributed by atoms with Crippen LogP contribution < -0.4 is 10.1 Å². The van der Waals surface area contributed by atoms with Crippen LogP contribution in [0.25, 0.3) is 0 Å². The van der Waals surface area contributed by atoms with E-state index in [0.29, 0.717) is 17.7 Å². The van der Waals surface area contributed by atoms with Gasteiger partial charge < -0.3 is 10.1 Å². The van der Waals surface area contributed by atoms with Crippen LogP contribution in [0, 0.1) is 0 Å². The number of halogens is 3. The molecule has 0 bridgehead atoms. The Labute approximate surface area is 138 Å². The third-order valence-corrected chi connectivity index (χ3v) is 3.41. The molecule has 1 N–H and O–H groups in total. The van der Waals surface area contributed by atoms with Crippen molar-refractivity contribution in [3.05, 3.63) is 65.7 Å². The average molecular weight is 337 g/mol. The standard InChI is InChI=1S/C18H18F3NO2/c1-2-16(24-15-9-4-3-5-10-15)17(23)22-12-13-7-6-8-14(11-13)18(19,20)21/h3-11,16H,2,12H2,1H3,(H,22,23)/t16-/m0/s1. The number of carbonyl (C=O) groups excluding carboxylic acids is 1. The van der Waals surface area contributed by atoms with Gasteiger partial charge in [0, 0.05) is 6.54 Å². The number of benzene rings is 2. The molecule has 6 heteroatoms. The number of hydrogen-bond acceptors (Lipinski definition) is 2. The van der Waals surface area contributed by atoms with Crippen LogP contribution >= 0.6 is 0 Å². The van der Waals surface area contributed by atoms with E-state index in [1.807, 2.05) is 6.07 Å². The fraction of sp³-hybridized carbons (Fsp3) is 0.278. The Balaban J connectivity index is 1.96. The molecular weight excluding hydrogens is 319 g/mol. The van der Waals surface area contributed by atoms with Crippen molar-refractivity contribution in [1.82, 2.24) is 5.32 Å². The van der Waals surface area contributed by atoms with Gasteiger partial charge in [0.25, 0.3) is 5.91 Å². The first kappa shape index (κ1) is 17.8. The molecule has 0 aromatic heterocycles. The number of alkyl halides is 3. The number of hydrogen-bond donors (Lipinski definition) is 1. The predicted octanol–water partition coefficient (Wildman–Crippen LogP) is 4.18. The normalized spacial score (nSPS) is 12.5. The van der Waals surface area contributed by atoms with Crippen LogP contribution in [-0.2, 0) is 17.5 Å². The lowest BCUT2D eigenvalue weighted by atomic mass is 10.1. The number of amides is 1. The van der Waals surface area contributed by atoms with Crippen molar-refractivity contribution in [2.45, 2.75) is 32.2 Å². The van der Waals surface area contributed by atoms with Crippen molar-refractivity contribution < 1.29 is 22.7 Å². The number of carbonyl (C=O) groups is 1. The molecule has 3 nitrogen and oxygen atoms in total. The summed E-state index contributed by atoms with van der Waals surface area (Å²) in [5.74, 6) is 0.206. The number of para-hydroxylation sites is 1. The van der Waals surface area contributed by atoms with Gasteiger partial charge in [-0.05, 0) is 36.2 Å². The van der Waals surface area contributed by atoms with Gasteiger partial charge in [0.2, 0.25) is 0 Å². The smallest absolute Gasteiger partial charge is 0.416 e. The minimum absolute atomic E-state index is 0.0113. The molecule has 1 amide bonds. The van der Waals surface area contributed by atoms with Crippen LogP contribution in [0.2, 0.25) is 0 Å². The van der Waals surface area contributed by atoms with Gasteiger partial charge in [-0.1, -0.05) is 37.3 Å². The van der Waals surface area contributed by atoms with Crippen LogP contribution in [-0.4, -0.2) is 12.0 Å². The van der Waals surface area contributed by atoms with E-state index in [9.17, 15) is 18.0 Å². The van der Waals surface area contributed by atoms with Gasteiger partial charge in [0.05, 0.1) is 5.56 Å². The van der Waals surface area contributed by atoms with Crippen LogP contribution in [0.3, 0.4) is 0 Å². The molecule has 0 radical (unpaired) electrons. The zero-order valence-corrected chi connectivity index (χ0v) is 13.1. The number of rotatable bonds is 6. The maximum Gasteiger partial charge on any atom is 0.416 e. The molecule has 24 heavy (non-hydrogen) atoms. The molecule has 0 aliphatic rings. The van der Waals surface area contributed by atoms with Crippen molar-refractivity contribution in [3.63, 3.8) is 0 Å². The summed E-state index contributed by atoms with van der Waals surface area (Å²) in [4.78, 5) is 12.2. The van der Waals surface area contributed by atoms with Gasteiger partial charge in [-0.25, -0.2) is 0 Å². The first-order chi connectivity index (χ1) is 11.4. The topological polar surface area (TPSA) is 38.3 Å². The predicted molar refractivity (Wildman–Crippen MR) is 84.4 cm³/mol. The Hall–Kier alpha value is -2.50. The van der Waals surface area contributed by atoms with Gasteiger partial charge in [0.15, 0.2) is 6.10 Å². The lowest BCUT2D eigenvalue weighted by Crippen LogP contribution is -2.37. The van der Waals surface area contributed by atoms with Crippen molar-refractivity contribution >= 4 is 5.91 Å². The fourth-order valence-electron chi connectivity index (χ4n) is 2.15. The second kappa shape index (κ2) is 7.86. The Morgan fingerprint density at radius 1 is 1.12 bits per heavy atom. The first-order valence-corrected chi connectivity index (χ1v) is 7.55. The van der Waals surface area contributed by atoms with Crippen molar-refractivity contribution in [1.29, 1.82) is 0 Å². The largest absolute Gasteiger partial charge is 0.481 e. The summed E-state index contributed by atoms with van der Waals surface area (Å²) in [6, 6.07) is 13.8. The molecule has 128 valence electrons. The number of ether oxygens (including phenoxy) is 1. The SMILES string of the molecule is CC[C@H](Oc1ccccc1)C(=O)NCc1cccc(C(F)(F)F)c1. The average Bonchev–Trinajstić information content (AvgIpc) is 2.58. The summed E-state index contributed by atoms with van der Waals surface area (Å²) in [5, 5.41) is 2.62. The van der Waals surface area contributed by atoms with Crippen molar-refractivity contribution in [3.8, 4) is 5.75 Å². The Bertz CT molecular complexity index is 671. The molecule has 0 saturated carbocycles. The van der Waals surface area contributed by atoms with E-state index >= 15 is 0 Å². The summed E-state index contributed by atoms with van der Waals surface area (Å²) in [5.41, 5.74) is -0.352. The Kier molecular flexibility index (Phi) is 5.84. The molecule has 0 heterocycles. The van der Waals surface area contributed by atoms with E-state index in [4.69, 9.17) is 4.74 Å². The zero-order chi connectivity index (χ0) is 17.6. The van der Waals surface area contributed by atoms with E-state index in [-0.39, 0.29) is 12.5 Å². The molecule has 2 rings (SSSR count). The molecule has 2 aromatic carbocycles. The Morgan fingerprint density at radius 3 is 2.46 bits per heavy atom. The van der Waals surface area contributed by atoms with Crippen molar-refractivity contribution in [2.24, 2.45) is 0 Å². The Morgan fingerprint density at radius 2 is 1.83 bits per heavy atom. The van der Waals surface area contributed by atoms with Crippen LogP contribution in [0.1, 0.15) is 24.5 Å². The number of nitrogens with one attached hydrogen (secondary N) is 1.